The Morgan fingerprint density at radius 2 is 0.944 bits per heavy atom. The minimum atomic E-state index is -0.155. The number of rotatable bonds is 16. The van der Waals surface area contributed by atoms with Crippen molar-refractivity contribution in [2.75, 3.05) is 96.7 Å². The number of benzene rings is 2. The van der Waals surface area contributed by atoms with Gasteiger partial charge in [-0.05, 0) is 113 Å². The SMILES string of the molecule is Cc1nc(N(C)c2cccnc2)sc1-c1ccnc(Nc2ccc(N3CCN(C(C)C(=O)C(C)N4CCN(c5ccc(Nc6nccc(-c7sc(N(C)c8cccnc8)nc7C)n6)cc5)CC4)CC3)cc2)n1. The summed E-state index contributed by atoms with van der Waals surface area (Å²) in [5.74, 6) is 1.33. The summed E-state index contributed by atoms with van der Waals surface area (Å²) in [6.07, 6.45) is 10.7. The van der Waals surface area contributed by atoms with Crippen LogP contribution in [0.25, 0.3) is 21.1 Å². The quantitative estimate of drug-likeness (QED) is 0.0941. The number of Topliss-reactive ketones (excluding diaryl/α,β-unsaturated/α-hetero) is 1. The van der Waals surface area contributed by atoms with E-state index in [1.165, 1.54) is 0 Å². The van der Waals surface area contributed by atoms with Gasteiger partial charge in [0.1, 0.15) is 0 Å². The van der Waals surface area contributed by atoms with Gasteiger partial charge in [0.2, 0.25) is 11.9 Å². The van der Waals surface area contributed by atoms with Crippen molar-refractivity contribution in [1.29, 1.82) is 0 Å². The number of hydrogen-bond acceptors (Lipinski definition) is 19. The zero-order chi connectivity index (χ0) is 49.7. The predicted octanol–water partition coefficient (Wildman–Crippen LogP) is 9.23. The van der Waals surface area contributed by atoms with Crippen molar-refractivity contribution in [2.24, 2.45) is 0 Å². The summed E-state index contributed by atoms with van der Waals surface area (Å²) < 4.78 is 0. The number of nitrogens with zero attached hydrogens (tertiary/aromatic N) is 14. The number of anilines is 10. The van der Waals surface area contributed by atoms with E-state index in [9.17, 15) is 4.79 Å². The molecule has 72 heavy (non-hydrogen) atoms. The molecule has 17 nitrogen and oxygen atoms in total. The maximum absolute atomic E-state index is 14.0. The van der Waals surface area contributed by atoms with Crippen LogP contribution in [0.5, 0.6) is 0 Å². The van der Waals surface area contributed by atoms with Crippen LogP contribution in [0.3, 0.4) is 0 Å². The number of nitrogens with one attached hydrogen (secondary N) is 2. The predicted molar refractivity (Wildman–Crippen MR) is 291 cm³/mol. The molecule has 19 heteroatoms. The van der Waals surface area contributed by atoms with Crippen LogP contribution >= 0.6 is 22.7 Å². The first-order valence-corrected chi connectivity index (χ1v) is 25.8. The summed E-state index contributed by atoms with van der Waals surface area (Å²) in [6.45, 7) is 14.9. The molecular weight excluding hydrogens is 941 g/mol. The van der Waals surface area contributed by atoms with Crippen LogP contribution in [-0.2, 0) is 4.79 Å². The summed E-state index contributed by atoms with van der Waals surface area (Å²) in [4.78, 5) is 66.3. The molecule has 0 bridgehead atoms. The van der Waals surface area contributed by atoms with Crippen LogP contribution < -0.4 is 30.2 Å². The molecule has 2 atom stereocenters. The Kier molecular flexibility index (Phi) is 14.4. The third-order valence-corrected chi connectivity index (χ3v) is 16.0. The molecular formula is C53H58N16OS2. The summed E-state index contributed by atoms with van der Waals surface area (Å²) in [6, 6.07) is 28.2. The third-order valence-electron chi connectivity index (χ3n) is 13.5. The number of carbonyl (C=O) groups excluding carboxylic acids is 1. The molecule has 2 saturated heterocycles. The van der Waals surface area contributed by atoms with Crippen LogP contribution in [0.1, 0.15) is 25.2 Å². The first-order chi connectivity index (χ1) is 35.0. The van der Waals surface area contributed by atoms with Gasteiger partial charge in [0.25, 0.3) is 0 Å². The van der Waals surface area contributed by atoms with Crippen molar-refractivity contribution >= 4 is 84.7 Å². The fourth-order valence-electron chi connectivity index (χ4n) is 9.16. The lowest BCUT2D eigenvalue weighted by atomic mass is 10.0. The van der Waals surface area contributed by atoms with Crippen molar-refractivity contribution < 1.29 is 4.79 Å². The highest BCUT2D eigenvalue weighted by molar-refractivity contribution is 7.19. The Hall–Kier alpha value is -7.45. The summed E-state index contributed by atoms with van der Waals surface area (Å²) in [7, 11) is 3.99. The van der Waals surface area contributed by atoms with E-state index in [1.54, 1.807) is 47.5 Å². The van der Waals surface area contributed by atoms with Gasteiger partial charge in [-0.15, -0.1) is 0 Å². The molecule has 2 aliphatic rings. The van der Waals surface area contributed by atoms with E-state index in [0.29, 0.717) is 11.9 Å². The first-order valence-electron chi connectivity index (χ1n) is 24.2. The van der Waals surface area contributed by atoms with Crippen molar-refractivity contribution in [3.63, 3.8) is 0 Å². The minimum absolute atomic E-state index is 0.155. The normalized spacial score (nSPS) is 15.2. The highest BCUT2D eigenvalue weighted by Gasteiger charge is 2.33. The van der Waals surface area contributed by atoms with E-state index in [-0.39, 0.29) is 17.9 Å². The number of ketones is 1. The Morgan fingerprint density at radius 3 is 1.32 bits per heavy atom. The third kappa shape index (κ3) is 10.7. The summed E-state index contributed by atoms with van der Waals surface area (Å²) in [5, 5.41) is 8.51. The number of aromatic nitrogens is 8. The average Bonchev–Trinajstić information content (AvgIpc) is 4.03. The van der Waals surface area contributed by atoms with Crippen molar-refractivity contribution in [3.05, 3.63) is 133 Å². The monoisotopic (exact) mass is 998 g/mol. The maximum Gasteiger partial charge on any atom is 0.227 e. The fourth-order valence-corrected chi connectivity index (χ4v) is 11.2. The molecule has 0 radical (unpaired) electrons. The van der Waals surface area contributed by atoms with Gasteiger partial charge >= 0.3 is 0 Å². The van der Waals surface area contributed by atoms with E-state index < -0.39 is 0 Å². The lowest BCUT2D eigenvalue weighted by molar-refractivity contribution is -0.128. The van der Waals surface area contributed by atoms with Crippen LogP contribution in [0.2, 0.25) is 0 Å². The molecule has 0 saturated carbocycles. The zero-order valence-corrected chi connectivity index (χ0v) is 43.0. The highest BCUT2D eigenvalue weighted by atomic mass is 32.1. The van der Waals surface area contributed by atoms with Crippen LogP contribution in [0, 0.1) is 13.8 Å². The molecule has 2 aromatic carbocycles. The number of pyridine rings is 2. The molecule has 2 N–H and O–H groups in total. The number of hydrogen-bond donors (Lipinski definition) is 2. The van der Waals surface area contributed by atoms with Gasteiger partial charge in [-0.25, -0.2) is 29.9 Å². The number of carbonyl (C=O) groups is 1. The molecule has 10 rings (SSSR count). The zero-order valence-electron chi connectivity index (χ0n) is 41.3. The largest absolute Gasteiger partial charge is 0.369 e. The van der Waals surface area contributed by atoms with Crippen molar-refractivity contribution in [1.82, 2.24) is 49.7 Å². The minimum Gasteiger partial charge on any atom is -0.369 e. The molecule has 2 unspecified atom stereocenters. The second-order valence-corrected chi connectivity index (χ2v) is 20.0. The molecule has 0 spiro atoms. The van der Waals surface area contributed by atoms with Crippen LogP contribution in [-0.4, -0.2) is 134 Å². The van der Waals surface area contributed by atoms with E-state index in [4.69, 9.17) is 19.9 Å². The van der Waals surface area contributed by atoms with Crippen LogP contribution in [0.15, 0.2) is 122 Å². The van der Waals surface area contributed by atoms with E-state index >= 15 is 0 Å². The van der Waals surface area contributed by atoms with E-state index in [2.05, 4.69) is 113 Å². The molecule has 8 heterocycles. The lowest BCUT2D eigenvalue weighted by Crippen LogP contribution is -2.57. The molecule has 368 valence electrons. The van der Waals surface area contributed by atoms with Crippen LogP contribution in [0.4, 0.5) is 56.3 Å². The smallest absolute Gasteiger partial charge is 0.227 e. The lowest BCUT2D eigenvalue weighted by Gasteiger charge is -2.42. The van der Waals surface area contributed by atoms with E-state index in [0.717, 1.165) is 129 Å². The second-order valence-electron chi connectivity index (χ2n) is 18.0. The Balaban J connectivity index is 0.671. The highest BCUT2D eigenvalue weighted by Crippen LogP contribution is 2.38. The molecule has 2 fully saturated rings. The summed E-state index contributed by atoms with van der Waals surface area (Å²) >= 11 is 3.18. The van der Waals surface area contributed by atoms with Gasteiger partial charge in [0, 0.05) is 114 Å². The summed E-state index contributed by atoms with van der Waals surface area (Å²) in [5.41, 5.74) is 9.52. The number of aryl methyl sites for hydroxylation is 2. The van der Waals surface area contributed by atoms with Gasteiger partial charge in [-0.1, -0.05) is 22.7 Å². The second kappa shape index (κ2) is 21.5. The molecule has 2 aliphatic heterocycles. The van der Waals surface area contributed by atoms with Gasteiger partial charge in [-0.3, -0.25) is 24.6 Å². The first kappa shape index (κ1) is 48.2. The Bertz CT molecular complexity index is 2880. The topological polar surface area (TPSA) is 164 Å². The Morgan fingerprint density at radius 1 is 0.542 bits per heavy atom. The number of thiazole rings is 2. The average molecular weight is 999 g/mol. The number of piperazine rings is 2. The standard InChI is InChI=1S/C53H58N16OS2/c1-35-48(71-52(58-35)64(5)43-9-7-21-54-33-43)45-19-23-56-50(62-45)60-39-11-15-41(16-12-39)68-29-25-66(26-30-68)37(3)47(70)38(4)67-27-31-69(32-28-67)42-17-13-40(14-18-42)61-51-57-24-20-46(63-51)49-36(2)59-53(72-49)65(6)44-10-8-22-55-34-44/h7-24,33-34,37-38H,25-32H2,1-6H3,(H,56,60,62)(H,57,61,63). The van der Waals surface area contributed by atoms with Crippen molar-refractivity contribution in [3.8, 4) is 21.1 Å². The van der Waals surface area contributed by atoms with Crippen molar-refractivity contribution in [2.45, 2.75) is 39.8 Å². The molecule has 8 aromatic rings. The van der Waals surface area contributed by atoms with Gasteiger partial charge < -0.3 is 30.2 Å². The Labute approximate surface area is 428 Å². The van der Waals surface area contributed by atoms with Gasteiger partial charge in [0.05, 0.1) is 68.4 Å². The molecule has 0 amide bonds. The molecule has 6 aromatic heterocycles. The molecule has 0 aliphatic carbocycles. The van der Waals surface area contributed by atoms with Gasteiger partial charge in [0.15, 0.2) is 16.0 Å². The fraction of sp³-hybridized carbons (Fsp3) is 0.302. The van der Waals surface area contributed by atoms with Gasteiger partial charge in [-0.2, -0.15) is 0 Å². The van der Waals surface area contributed by atoms with E-state index in [1.807, 2.05) is 86.5 Å². The maximum atomic E-state index is 14.0.